The second kappa shape index (κ2) is 7.05. The highest BCUT2D eigenvalue weighted by molar-refractivity contribution is 5.79. The van der Waals surface area contributed by atoms with E-state index in [9.17, 15) is 4.79 Å². The van der Waals surface area contributed by atoms with Crippen molar-refractivity contribution in [3.63, 3.8) is 0 Å². The maximum Gasteiger partial charge on any atom is 0.225 e. The number of hydrogen-bond acceptors (Lipinski definition) is 5. The van der Waals surface area contributed by atoms with Gasteiger partial charge in [-0.05, 0) is 32.6 Å². The molecular weight excluding hydrogens is 280 g/mol. The van der Waals surface area contributed by atoms with Gasteiger partial charge in [0.15, 0.2) is 0 Å². The van der Waals surface area contributed by atoms with Crippen LogP contribution in [0, 0.1) is 12.8 Å². The van der Waals surface area contributed by atoms with E-state index < -0.39 is 0 Å². The molecule has 3 rings (SSSR count). The van der Waals surface area contributed by atoms with Crippen LogP contribution in [0.2, 0.25) is 0 Å². The molecule has 6 nitrogen and oxygen atoms in total. The summed E-state index contributed by atoms with van der Waals surface area (Å²) < 4.78 is 5.31. The molecule has 2 aliphatic rings. The Morgan fingerprint density at radius 2 is 1.95 bits per heavy atom. The van der Waals surface area contributed by atoms with Crippen LogP contribution < -0.4 is 5.32 Å². The molecule has 2 fully saturated rings. The van der Waals surface area contributed by atoms with Gasteiger partial charge in [-0.15, -0.1) is 0 Å². The lowest BCUT2D eigenvalue weighted by Crippen LogP contribution is -2.45. The summed E-state index contributed by atoms with van der Waals surface area (Å²) in [5.41, 5.74) is 0.966. The summed E-state index contributed by atoms with van der Waals surface area (Å²) in [7, 11) is 0. The van der Waals surface area contributed by atoms with Crippen molar-refractivity contribution < 1.29 is 9.53 Å². The fourth-order valence-electron chi connectivity index (χ4n) is 3.27. The topological polar surface area (TPSA) is 67.4 Å². The highest BCUT2D eigenvalue weighted by atomic mass is 16.5. The van der Waals surface area contributed by atoms with E-state index in [1.165, 1.54) is 0 Å². The lowest BCUT2D eigenvalue weighted by molar-refractivity contribution is -0.140. The number of carbonyl (C=O) groups excluding carboxylic acids is 1. The van der Waals surface area contributed by atoms with Crippen molar-refractivity contribution in [1.82, 2.24) is 14.9 Å². The number of aryl methyl sites for hydroxylation is 1. The number of nitrogens with one attached hydrogen (secondary N) is 1. The lowest BCUT2D eigenvalue weighted by atomic mass is 9.85. The molecule has 1 aliphatic heterocycles. The van der Waals surface area contributed by atoms with E-state index in [-0.39, 0.29) is 5.92 Å². The van der Waals surface area contributed by atoms with Crippen molar-refractivity contribution in [3.8, 4) is 0 Å². The third kappa shape index (κ3) is 3.74. The highest BCUT2D eigenvalue weighted by Gasteiger charge is 2.30. The average molecular weight is 304 g/mol. The first-order chi connectivity index (χ1) is 10.7. The van der Waals surface area contributed by atoms with E-state index in [2.05, 4.69) is 15.3 Å². The van der Waals surface area contributed by atoms with E-state index in [1.807, 2.05) is 17.9 Å². The number of rotatable bonds is 3. The fourth-order valence-corrected chi connectivity index (χ4v) is 3.27. The zero-order valence-corrected chi connectivity index (χ0v) is 13.1. The van der Waals surface area contributed by atoms with E-state index in [0.717, 1.165) is 50.3 Å². The maximum atomic E-state index is 12.5. The van der Waals surface area contributed by atoms with Gasteiger partial charge in [0, 0.05) is 36.8 Å². The number of ether oxygens (including phenoxy) is 1. The minimum Gasteiger partial charge on any atom is -0.378 e. The van der Waals surface area contributed by atoms with Crippen LogP contribution in [0.1, 0.15) is 31.4 Å². The molecule has 2 heterocycles. The van der Waals surface area contributed by atoms with Crippen LogP contribution in [0.3, 0.4) is 0 Å². The molecule has 0 radical (unpaired) electrons. The standard InChI is InChI=1S/C16H24N4O2/c1-12-10-15(18-11-17-12)19-14-4-2-13(3-5-14)16(21)20-6-8-22-9-7-20/h10-11,13-14H,2-9H2,1H3,(H,17,18,19)/t13-,14+. The third-order valence-corrected chi connectivity index (χ3v) is 4.55. The van der Waals surface area contributed by atoms with Crippen LogP contribution in [-0.4, -0.2) is 53.1 Å². The van der Waals surface area contributed by atoms with Crippen LogP contribution in [0.15, 0.2) is 12.4 Å². The van der Waals surface area contributed by atoms with Gasteiger partial charge in [-0.3, -0.25) is 4.79 Å². The van der Waals surface area contributed by atoms with Crippen molar-refractivity contribution in [2.75, 3.05) is 31.6 Å². The molecule has 6 heteroatoms. The summed E-state index contributed by atoms with van der Waals surface area (Å²) in [6.07, 6.45) is 5.54. The van der Waals surface area contributed by atoms with Crippen molar-refractivity contribution in [1.29, 1.82) is 0 Å². The molecule has 120 valence electrons. The normalized spacial score (nSPS) is 25.8. The summed E-state index contributed by atoms with van der Waals surface area (Å²) in [4.78, 5) is 22.8. The SMILES string of the molecule is Cc1cc(N[C@H]2CC[C@@H](C(=O)N3CCOCC3)CC2)ncn1. The van der Waals surface area contributed by atoms with Crippen LogP contribution in [-0.2, 0) is 9.53 Å². The van der Waals surface area contributed by atoms with Gasteiger partial charge < -0.3 is 15.0 Å². The second-order valence-corrected chi connectivity index (χ2v) is 6.18. The second-order valence-electron chi connectivity index (χ2n) is 6.18. The first-order valence-electron chi connectivity index (χ1n) is 8.14. The van der Waals surface area contributed by atoms with Crippen LogP contribution >= 0.6 is 0 Å². The Morgan fingerprint density at radius 3 is 2.64 bits per heavy atom. The van der Waals surface area contributed by atoms with E-state index in [1.54, 1.807) is 6.33 Å². The van der Waals surface area contributed by atoms with Crippen molar-refractivity contribution in [2.24, 2.45) is 5.92 Å². The van der Waals surface area contributed by atoms with Crippen molar-refractivity contribution in [2.45, 2.75) is 38.6 Å². The summed E-state index contributed by atoms with van der Waals surface area (Å²) >= 11 is 0. The van der Waals surface area contributed by atoms with Gasteiger partial charge in [-0.2, -0.15) is 0 Å². The summed E-state index contributed by atoms with van der Waals surface area (Å²) in [6, 6.07) is 2.37. The molecule has 1 saturated heterocycles. The number of anilines is 1. The predicted octanol–water partition coefficient (Wildman–Crippen LogP) is 1.61. The smallest absolute Gasteiger partial charge is 0.225 e. The summed E-state index contributed by atoms with van der Waals surface area (Å²) in [5.74, 6) is 1.39. The molecule has 1 saturated carbocycles. The van der Waals surface area contributed by atoms with Crippen LogP contribution in [0.25, 0.3) is 0 Å². The minimum atomic E-state index is 0.184. The third-order valence-electron chi connectivity index (χ3n) is 4.55. The lowest BCUT2D eigenvalue weighted by Gasteiger charge is -2.34. The quantitative estimate of drug-likeness (QED) is 0.919. The summed E-state index contributed by atoms with van der Waals surface area (Å²) in [6.45, 7) is 4.81. The number of hydrogen-bond donors (Lipinski definition) is 1. The van der Waals surface area contributed by atoms with Gasteiger partial charge in [-0.1, -0.05) is 0 Å². The Bertz CT molecular complexity index is 509. The Kier molecular flexibility index (Phi) is 4.87. The predicted molar refractivity (Wildman–Crippen MR) is 83.5 cm³/mol. The van der Waals surface area contributed by atoms with Gasteiger partial charge in [0.2, 0.25) is 5.91 Å². The van der Waals surface area contributed by atoms with E-state index in [4.69, 9.17) is 4.74 Å². The molecule has 1 N–H and O–H groups in total. The Labute approximate surface area is 131 Å². The Morgan fingerprint density at radius 1 is 1.23 bits per heavy atom. The van der Waals surface area contributed by atoms with Gasteiger partial charge in [0.05, 0.1) is 13.2 Å². The molecule has 0 unspecified atom stereocenters. The first-order valence-corrected chi connectivity index (χ1v) is 8.14. The van der Waals surface area contributed by atoms with Gasteiger partial charge in [0.25, 0.3) is 0 Å². The van der Waals surface area contributed by atoms with Crippen LogP contribution in [0.4, 0.5) is 5.82 Å². The van der Waals surface area contributed by atoms with Crippen molar-refractivity contribution >= 4 is 11.7 Å². The fraction of sp³-hybridized carbons (Fsp3) is 0.688. The molecule has 0 bridgehead atoms. The summed E-state index contributed by atoms with van der Waals surface area (Å²) in [5, 5.41) is 3.46. The van der Waals surface area contributed by atoms with E-state index in [0.29, 0.717) is 25.2 Å². The molecule has 1 aliphatic carbocycles. The Hall–Kier alpha value is -1.69. The van der Waals surface area contributed by atoms with Crippen LogP contribution in [0.5, 0.6) is 0 Å². The van der Waals surface area contributed by atoms with E-state index >= 15 is 0 Å². The number of nitrogens with zero attached hydrogens (tertiary/aromatic N) is 3. The molecular formula is C16H24N4O2. The molecule has 0 atom stereocenters. The van der Waals surface area contributed by atoms with Gasteiger partial charge in [-0.25, -0.2) is 9.97 Å². The highest BCUT2D eigenvalue weighted by Crippen LogP contribution is 2.28. The van der Waals surface area contributed by atoms with Gasteiger partial charge in [0.1, 0.15) is 12.1 Å². The molecule has 1 aromatic heterocycles. The zero-order valence-electron chi connectivity index (χ0n) is 13.1. The molecule has 22 heavy (non-hydrogen) atoms. The monoisotopic (exact) mass is 304 g/mol. The maximum absolute atomic E-state index is 12.5. The number of amides is 1. The first kappa shape index (κ1) is 15.2. The number of morpholine rings is 1. The Balaban J connectivity index is 1.48. The minimum absolute atomic E-state index is 0.184. The zero-order chi connectivity index (χ0) is 15.4. The average Bonchev–Trinajstić information content (AvgIpc) is 2.56. The number of aromatic nitrogens is 2. The molecule has 1 aromatic rings. The molecule has 1 amide bonds. The largest absolute Gasteiger partial charge is 0.378 e. The van der Waals surface area contributed by atoms with Crippen molar-refractivity contribution in [3.05, 3.63) is 18.1 Å². The van der Waals surface area contributed by atoms with Gasteiger partial charge >= 0.3 is 0 Å². The molecule has 0 spiro atoms. The molecule has 0 aromatic carbocycles. The number of carbonyl (C=O) groups is 1.